The molecule has 0 spiro atoms. The van der Waals surface area contributed by atoms with Crippen molar-refractivity contribution < 1.29 is 4.74 Å². The normalized spacial score (nSPS) is 9.92. The van der Waals surface area contributed by atoms with Gasteiger partial charge in [0.15, 0.2) is 6.61 Å². The van der Waals surface area contributed by atoms with Gasteiger partial charge in [-0.1, -0.05) is 12.1 Å². The van der Waals surface area contributed by atoms with E-state index in [1.54, 1.807) is 12.1 Å². The minimum Gasteiger partial charge on any atom is -0.479 e. The molecular formula is C19H17N5O. The molecule has 0 unspecified atom stereocenters. The third-order valence-electron chi connectivity index (χ3n) is 3.39. The third-order valence-corrected chi connectivity index (χ3v) is 3.39. The highest BCUT2D eigenvalue weighted by Crippen LogP contribution is 2.21. The second kappa shape index (κ2) is 7.79. The van der Waals surface area contributed by atoms with Gasteiger partial charge in [0.25, 0.3) is 0 Å². The van der Waals surface area contributed by atoms with E-state index >= 15 is 0 Å². The van der Waals surface area contributed by atoms with Crippen LogP contribution in [0.3, 0.4) is 0 Å². The zero-order chi connectivity index (χ0) is 17.5. The van der Waals surface area contributed by atoms with Gasteiger partial charge in [-0.15, -0.1) is 0 Å². The van der Waals surface area contributed by atoms with Crippen LogP contribution in [0.2, 0.25) is 0 Å². The highest BCUT2D eigenvalue weighted by molar-refractivity contribution is 5.63. The number of rotatable bonds is 6. The number of aryl methyl sites for hydroxylation is 1. The molecule has 6 heteroatoms. The molecule has 0 bridgehead atoms. The second-order valence-corrected chi connectivity index (χ2v) is 5.38. The maximum atomic E-state index is 8.52. The summed E-state index contributed by atoms with van der Waals surface area (Å²) < 4.78 is 5.23. The molecule has 0 amide bonds. The summed E-state index contributed by atoms with van der Waals surface area (Å²) in [6.07, 6.45) is 1.50. The smallest absolute Gasteiger partial charge is 0.174 e. The topological polar surface area (TPSA) is 82.9 Å². The predicted molar refractivity (Wildman–Crippen MR) is 97.3 cm³/mol. The summed E-state index contributed by atoms with van der Waals surface area (Å²) >= 11 is 0. The van der Waals surface area contributed by atoms with Gasteiger partial charge in [0.2, 0.25) is 0 Å². The van der Waals surface area contributed by atoms with Gasteiger partial charge in [0.1, 0.15) is 29.8 Å². The van der Waals surface area contributed by atoms with Crippen LogP contribution in [0.25, 0.3) is 0 Å². The zero-order valence-electron chi connectivity index (χ0n) is 13.7. The maximum Gasteiger partial charge on any atom is 0.174 e. The van der Waals surface area contributed by atoms with Crippen LogP contribution in [0.15, 0.2) is 60.9 Å². The number of nitriles is 1. The van der Waals surface area contributed by atoms with E-state index in [1.807, 2.05) is 49.4 Å². The van der Waals surface area contributed by atoms with E-state index in [0.717, 1.165) is 11.4 Å². The van der Waals surface area contributed by atoms with Gasteiger partial charge in [-0.05, 0) is 48.9 Å². The Hall–Kier alpha value is -3.59. The first-order chi connectivity index (χ1) is 12.2. The van der Waals surface area contributed by atoms with Crippen LogP contribution in [0.4, 0.5) is 23.0 Å². The summed E-state index contributed by atoms with van der Waals surface area (Å²) in [7, 11) is 0. The summed E-state index contributed by atoms with van der Waals surface area (Å²) in [6, 6.07) is 19.2. The Morgan fingerprint density at radius 3 is 2.36 bits per heavy atom. The van der Waals surface area contributed by atoms with Crippen LogP contribution >= 0.6 is 0 Å². The largest absolute Gasteiger partial charge is 0.479 e. The average Bonchev–Trinajstić information content (AvgIpc) is 2.61. The fourth-order valence-electron chi connectivity index (χ4n) is 2.26. The fourth-order valence-corrected chi connectivity index (χ4v) is 2.26. The lowest BCUT2D eigenvalue weighted by Gasteiger charge is -2.09. The lowest BCUT2D eigenvalue weighted by Crippen LogP contribution is -1.99. The van der Waals surface area contributed by atoms with E-state index in [4.69, 9.17) is 10.00 Å². The standard InChI is InChI=1S/C19H17N5O/c1-14-3-2-4-16(11-14)24-19-12-18(21-13-22-19)23-15-5-7-17(8-6-15)25-10-9-20/h2-8,11-13H,10H2,1H3,(H2,21,22,23,24). The van der Waals surface area contributed by atoms with Crippen LogP contribution in [0.5, 0.6) is 5.75 Å². The Labute approximate surface area is 146 Å². The molecule has 0 saturated heterocycles. The van der Waals surface area contributed by atoms with E-state index in [2.05, 4.69) is 26.7 Å². The molecule has 0 aliphatic rings. The van der Waals surface area contributed by atoms with Crippen molar-refractivity contribution >= 4 is 23.0 Å². The molecule has 124 valence electrons. The molecule has 0 saturated carbocycles. The Morgan fingerprint density at radius 1 is 0.960 bits per heavy atom. The lowest BCUT2D eigenvalue weighted by molar-refractivity contribution is 0.368. The number of ether oxygens (including phenoxy) is 1. The van der Waals surface area contributed by atoms with Gasteiger partial charge in [0.05, 0.1) is 0 Å². The monoisotopic (exact) mass is 331 g/mol. The Bertz CT molecular complexity index is 887. The SMILES string of the molecule is Cc1cccc(Nc2cc(Nc3ccc(OCC#N)cc3)ncn2)c1. The number of aromatic nitrogens is 2. The second-order valence-electron chi connectivity index (χ2n) is 5.38. The van der Waals surface area contributed by atoms with Gasteiger partial charge < -0.3 is 15.4 Å². The van der Waals surface area contributed by atoms with Crippen molar-refractivity contribution in [1.82, 2.24) is 9.97 Å². The number of nitrogens with one attached hydrogen (secondary N) is 2. The third kappa shape index (κ3) is 4.69. The van der Waals surface area contributed by atoms with Crippen molar-refractivity contribution in [3.8, 4) is 11.8 Å². The first-order valence-electron chi connectivity index (χ1n) is 7.75. The van der Waals surface area contributed by atoms with E-state index in [9.17, 15) is 0 Å². The lowest BCUT2D eigenvalue weighted by atomic mass is 10.2. The number of benzene rings is 2. The van der Waals surface area contributed by atoms with Crippen molar-refractivity contribution in [3.05, 3.63) is 66.5 Å². The molecule has 0 radical (unpaired) electrons. The van der Waals surface area contributed by atoms with E-state index in [0.29, 0.717) is 17.4 Å². The number of anilines is 4. The summed E-state index contributed by atoms with van der Waals surface area (Å²) in [5.74, 6) is 2.03. The molecule has 2 N–H and O–H groups in total. The quantitative estimate of drug-likeness (QED) is 0.705. The first-order valence-corrected chi connectivity index (χ1v) is 7.75. The Morgan fingerprint density at radius 2 is 1.68 bits per heavy atom. The van der Waals surface area contributed by atoms with Crippen LogP contribution < -0.4 is 15.4 Å². The fraction of sp³-hybridized carbons (Fsp3) is 0.105. The van der Waals surface area contributed by atoms with Gasteiger partial charge in [0, 0.05) is 17.4 Å². The van der Waals surface area contributed by atoms with E-state index < -0.39 is 0 Å². The molecule has 1 heterocycles. The molecular weight excluding hydrogens is 314 g/mol. The summed E-state index contributed by atoms with van der Waals surface area (Å²) in [5.41, 5.74) is 3.02. The van der Waals surface area contributed by atoms with Crippen LogP contribution in [0, 0.1) is 18.3 Å². The molecule has 2 aromatic carbocycles. The van der Waals surface area contributed by atoms with Crippen molar-refractivity contribution in [3.63, 3.8) is 0 Å². The van der Waals surface area contributed by atoms with Gasteiger partial charge in [-0.2, -0.15) is 5.26 Å². The molecule has 0 atom stereocenters. The number of nitrogens with zero attached hydrogens (tertiary/aromatic N) is 3. The average molecular weight is 331 g/mol. The molecule has 6 nitrogen and oxygen atoms in total. The molecule has 0 fully saturated rings. The minimum atomic E-state index is 0.0344. The summed E-state index contributed by atoms with van der Waals surface area (Å²) in [6.45, 7) is 2.08. The highest BCUT2D eigenvalue weighted by Gasteiger charge is 2.02. The molecule has 3 aromatic rings. The van der Waals surface area contributed by atoms with Crippen molar-refractivity contribution in [2.45, 2.75) is 6.92 Å². The molecule has 25 heavy (non-hydrogen) atoms. The number of hydrogen-bond acceptors (Lipinski definition) is 6. The Balaban J connectivity index is 1.68. The maximum absolute atomic E-state index is 8.52. The minimum absolute atomic E-state index is 0.0344. The van der Waals surface area contributed by atoms with Gasteiger partial charge in [-0.3, -0.25) is 0 Å². The predicted octanol–water partition coefficient (Wildman–Crippen LogP) is 4.17. The van der Waals surface area contributed by atoms with E-state index in [-0.39, 0.29) is 6.61 Å². The van der Waals surface area contributed by atoms with Gasteiger partial charge >= 0.3 is 0 Å². The van der Waals surface area contributed by atoms with E-state index in [1.165, 1.54) is 11.9 Å². The van der Waals surface area contributed by atoms with Gasteiger partial charge in [-0.25, -0.2) is 9.97 Å². The molecule has 0 aliphatic heterocycles. The highest BCUT2D eigenvalue weighted by atomic mass is 16.5. The summed E-state index contributed by atoms with van der Waals surface area (Å²) in [5, 5.41) is 15.0. The van der Waals surface area contributed by atoms with Crippen molar-refractivity contribution in [2.24, 2.45) is 0 Å². The molecule has 1 aromatic heterocycles. The van der Waals surface area contributed by atoms with Crippen LogP contribution in [-0.2, 0) is 0 Å². The van der Waals surface area contributed by atoms with Crippen molar-refractivity contribution in [2.75, 3.05) is 17.2 Å². The van der Waals surface area contributed by atoms with Crippen LogP contribution in [-0.4, -0.2) is 16.6 Å². The molecule has 0 aliphatic carbocycles. The summed E-state index contributed by atoms with van der Waals surface area (Å²) in [4.78, 5) is 8.47. The zero-order valence-corrected chi connectivity index (χ0v) is 13.7. The molecule has 3 rings (SSSR count). The van der Waals surface area contributed by atoms with Crippen molar-refractivity contribution in [1.29, 1.82) is 5.26 Å². The first kappa shape index (κ1) is 16.3. The number of hydrogen-bond donors (Lipinski definition) is 2. The van der Waals surface area contributed by atoms with Crippen LogP contribution in [0.1, 0.15) is 5.56 Å². The Kier molecular flexibility index (Phi) is 5.07.